The van der Waals surface area contributed by atoms with Crippen LogP contribution >= 0.6 is 11.8 Å². The van der Waals surface area contributed by atoms with E-state index < -0.39 is 10.9 Å². The van der Waals surface area contributed by atoms with E-state index in [0.29, 0.717) is 22.3 Å². The topological polar surface area (TPSA) is 121 Å². The number of carbonyl (C=O) groups excluding carboxylic acids is 2. The van der Waals surface area contributed by atoms with Crippen molar-refractivity contribution >= 4 is 57.2 Å². The highest BCUT2D eigenvalue weighted by molar-refractivity contribution is 8.18. The Morgan fingerprint density at radius 3 is 2.21 bits per heavy atom. The average molecular weight is 588 g/mol. The third kappa shape index (κ3) is 5.95. The molecule has 212 valence electrons. The van der Waals surface area contributed by atoms with Crippen LogP contribution in [0.3, 0.4) is 0 Å². The molecule has 1 aliphatic rings. The van der Waals surface area contributed by atoms with Crippen LogP contribution in [0, 0.1) is 10.1 Å². The minimum atomic E-state index is -1.26. The molecule has 43 heavy (non-hydrogen) atoms. The lowest BCUT2D eigenvalue weighted by atomic mass is 10.1. The van der Waals surface area contributed by atoms with E-state index in [-0.39, 0.29) is 23.7 Å². The second-order valence-corrected chi connectivity index (χ2v) is 10.9. The largest absolute Gasteiger partial charge is 0.545 e. The number of hydrogen-bond acceptors (Lipinski definition) is 7. The monoisotopic (exact) mass is 587 g/mol. The minimum absolute atomic E-state index is 0.0377. The zero-order chi connectivity index (χ0) is 29.9. The van der Waals surface area contributed by atoms with Crippen LogP contribution in [0.25, 0.3) is 17.0 Å². The lowest BCUT2D eigenvalue weighted by Crippen LogP contribution is -2.28. The van der Waals surface area contributed by atoms with Gasteiger partial charge < -0.3 is 14.5 Å². The third-order valence-corrected chi connectivity index (χ3v) is 8.01. The maximum Gasteiger partial charge on any atom is 0.269 e. The smallest absolute Gasteiger partial charge is 0.269 e. The Kier molecular flexibility index (Phi) is 7.59. The van der Waals surface area contributed by atoms with Gasteiger partial charge in [0.05, 0.1) is 28.0 Å². The summed E-state index contributed by atoms with van der Waals surface area (Å²) in [6, 6.07) is 30.0. The number of amidine groups is 1. The van der Waals surface area contributed by atoms with E-state index in [0.717, 1.165) is 27.6 Å². The highest BCUT2D eigenvalue weighted by atomic mass is 32.2. The molecule has 6 rings (SSSR count). The maximum atomic E-state index is 13.8. The van der Waals surface area contributed by atoms with E-state index in [9.17, 15) is 24.8 Å². The van der Waals surface area contributed by atoms with Crippen molar-refractivity contribution in [2.75, 3.05) is 0 Å². The van der Waals surface area contributed by atoms with Crippen LogP contribution in [0.1, 0.15) is 27.0 Å². The van der Waals surface area contributed by atoms with E-state index in [2.05, 4.69) is 4.57 Å². The molecule has 1 fully saturated rings. The number of aliphatic imine (C=N–C) groups is 1. The number of fused-ring (bicyclic) bond motifs is 1. The quantitative estimate of drug-likeness (QED) is 0.129. The molecule has 0 spiro atoms. The van der Waals surface area contributed by atoms with Crippen molar-refractivity contribution in [2.45, 2.75) is 13.1 Å². The number of nitrogens with zero attached hydrogens (tertiary/aromatic N) is 4. The number of aromatic nitrogens is 1. The number of carboxylic acid groups (broad SMARTS) is 1. The van der Waals surface area contributed by atoms with E-state index >= 15 is 0 Å². The molecule has 0 atom stereocenters. The zero-order valence-corrected chi connectivity index (χ0v) is 23.4. The van der Waals surface area contributed by atoms with Gasteiger partial charge in [0, 0.05) is 41.3 Å². The summed E-state index contributed by atoms with van der Waals surface area (Å²) >= 11 is 1.28. The van der Waals surface area contributed by atoms with Crippen LogP contribution in [0.5, 0.6) is 0 Å². The van der Waals surface area contributed by atoms with Gasteiger partial charge in [-0.1, -0.05) is 72.8 Å². The minimum Gasteiger partial charge on any atom is -0.545 e. The molecule has 0 N–H and O–H groups in total. The van der Waals surface area contributed by atoms with Crippen molar-refractivity contribution in [3.63, 3.8) is 0 Å². The molecule has 1 amide bonds. The van der Waals surface area contributed by atoms with Gasteiger partial charge in [-0.05, 0) is 52.7 Å². The van der Waals surface area contributed by atoms with Gasteiger partial charge in [-0.2, -0.15) is 0 Å². The first-order chi connectivity index (χ1) is 20.9. The van der Waals surface area contributed by atoms with Gasteiger partial charge in [0.25, 0.3) is 11.6 Å². The summed E-state index contributed by atoms with van der Waals surface area (Å²) in [7, 11) is 0. The Labute approximate surface area is 250 Å². The Balaban J connectivity index is 1.35. The predicted octanol–water partition coefficient (Wildman–Crippen LogP) is 5.77. The van der Waals surface area contributed by atoms with Crippen molar-refractivity contribution in [3.8, 4) is 0 Å². The van der Waals surface area contributed by atoms with Gasteiger partial charge in [0.1, 0.15) is 0 Å². The Hall–Kier alpha value is -5.48. The number of nitro groups is 1. The molecule has 1 aliphatic heterocycles. The fourth-order valence-corrected chi connectivity index (χ4v) is 5.84. The summed E-state index contributed by atoms with van der Waals surface area (Å²) < 4.78 is 2.06. The van der Waals surface area contributed by atoms with Crippen molar-refractivity contribution in [3.05, 3.63) is 147 Å². The molecule has 1 aromatic heterocycles. The summed E-state index contributed by atoms with van der Waals surface area (Å²) in [5, 5.41) is 23.7. The number of carboxylic acids is 1. The first-order valence-electron chi connectivity index (χ1n) is 13.3. The van der Waals surface area contributed by atoms with Gasteiger partial charge in [-0.25, -0.2) is 4.99 Å². The molecule has 0 unspecified atom stereocenters. The summed E-state index contributed by atoms with van der Waals surface area (Å²) in [4.78, 5) is 42.5. The van der Waals surface area contributed by atoms with Crippen molar-refractivity contribution in [1.82, 2.24) is 9.47 Å². The molecular weight excluding hydrogens is 564 g/mol. The third-order valence-electron chi connectivity index (χ3n) is 7.01. The SMILES string of the molecule is O=C([O-])c1ccc(CN2C(=O)/C(=C/c3cn(Cc4ccc([N+](=O)[O-])cc4)c4ccccc34)SC2=Nc2ccccc2)cc1. The second-order valence-electron chi connectivity index (χ2n) is 9.87. The van der Waals surface area contributed by atoms with Crippen LogP contribution < -0.4 is 5.11 Å². The summed E-state index contributed by atoms with van der Waals surface area (Å²) in [5.41, 5.74) is 4.28. The Morgan fingerprint density at radius 1 is 0.860 bits per heavy atom. The predicted molar refractivity (Wildman–Crippen MR) is 165 cm³/mol. The number of benzene rings is 4. The number of rotatable bonds is 8. The van der Waals surface area contributed by atoms with Gasteiger partial charge in [-0.15, -0.1) is 0 Å². The lowest BCUT2D eigenvalue weighted by molar-refractivity contribution is -0.384. The van der Waals surface area contributed by atoms with Gasteiger partial charge in [0.2, 0.25) is 0 Å². The molecule has 10 heteroatoms. The maximum absolute atomic E-state index is 13.8. The number of carbonyl (C=O) groups is 2. The Morgan fingerprint density at radius 2 is 1.51 bits per heavy atom. The molecule has 9 nitrogen and oxygen atoms in total. The Bertz CT molecular complexity index is 1910. The number of nitro benzene ring substituents is 1. The van der Waals surface area contributed by atoms with Crippen LogP contribution in [0.15, 0.2) is 119 Å². The highest BCUT2D eigenvalue weighted by Gasteiger charge is 2.34. The summed E-state index contributed by atoms with van der Waals surface area (Å²) in [6.07, 6.45) is 3.84. The molecule has 4 aromatic carbocycles. The molecule has 2 heterocycles. The number of hydrogen-bond donors (Lipinski definition) is 0. The van der Waals surface area contributed by atoms with Crippen LogP contribution in [-0.2, 0) is 17.9 Å². The fourth-order valence-electron chi connectivity index (χ4n) is 4.85. The van der Waals surface area contributed by atoms with Gasteiger partial charge in [-0.3, -0.25) is 19.8 Å². The number of thioether (sulfide) groups is 1. The number of amides is 1. The fraction of sp³-hybridized carbons (Fsp3) is 0.0606. The normalized spacial score (nSPS) is 15.1. The summed E-state index contributed by atoms with van der Waals surface area (Å²) in [5.74, 6) is -1.47. The average Bonchev–Trinajstić information content (AvgIpc) is 3.50. The number of para-hydroxylation sites is 2. The number of aromatic carboxylic acids is 1. The van der Waals surface area contributed by atoms with E-state index in [1.807, 2.05) is 66.9 Å². The standard InChI is InChI=1S/C33H24N4O5S/c38-31-30(18-25-21-35(29-9-5-4-8-28(25)29)19-22-12-16-27(17-13-22)37(41)42)43-33(34-26-6-2-1-3-7-26)36(31)20-23-10-14-24(15-11-23)32(39)40/h1-18,21H,19-20H2,(H,39,40)/p-1/b30-18-,34-33?. The van der Waals surface area contributed by atoms with Gasteiger partial charge in [0.15, 0.2) is 5.17 Å². The highest BCUT2D eigenvalue weighted by Crippen LogP contribution is 2.36. The molecule has 5 aromatic rings. The molecule has 0 radical (unpaired) electrons. The molecule has 1 saturated heterocycles. The van der Waals surface area contributed by atoms with E-state index in [4.69, 9.17) is 4.99 Å². The second kappa shape index (κ2) is 11.8. The first kappa shape index (κ1) is 27.7. The molecule has 0 saturated carbocycles. The van der Waals surface area contributed by atoms with Crippen LogP contribution in [0.2, 0.25) is 0 Å². The zero-order valence-electron chi connectivity index (χ0n) is 22.6. The summed E-state index contributed by atoms with van der Waals surface area (Å²) in [6.45, 7) is 0.710. The lowest BCUT2D eigenvalue weighted by Gasteiger charge is -2.16. The van der Waals surface area contributed by atoms with Gasteiger partial charge >= 0.3 is 0 Å². The molecule has 0 aliphatic carbocycles. The van der Waals surface area contributed by atoms with Crippen molar-refractivity contribution in [2.24, 2.45) is 4.99 Å². The van der Waals surface area contributed by atoms with E-state index in [1.165, 1.54) is 36.0 Å². The molecule has 0 bridgehead atoms. The number of non-ortho nitro benzene ring substituents is 1. The van der Waals surface area contributed by atoms with Crippen molar-refractivity contribution in [1.29, 1.82) is 0 Å². The first-order valence-corrected chi connectivity index (χ1v) is 14.1. The van der Waals surface area contributed by atoms with Crippen LogP contribution in [0.4, 0.5) is 11.4 Å². The van der Waals surface area contributed by atoms with E-state index in [1.54, 1.807) is 29.2 Å². The molecular formula is C33H23N4O5S-. The van der Waals surface area contributed by atoms with Crippen molar-refractivity contribution < 1.29 is 19.6 Å². The van der Waals surface area contributed by atoms with Crippen LogP contribution in [-0.4, -0.2) is 31.4 Å².